The van der Waals surface area contributed by atoms with Gasteiger partial charge >= 0.3 is 6.18 Å². The van der Waals surface area contributed by atoms with Crippen LogP contribution in [0.25, 0.3) is 0 Å². The fourth-order valence-electron chi connectivity index (χ4n) is 2.40. The lowest BCUT2D eigenvalue weighted by Crippen LogP contribution is -2.47. The molecule has 9 nitrogen and oxygen atoms in total. The van der Waals surface area contributed by atoms with Crippen LogP contribution in [0.4, 0.5) is 13.2 Å². The Bertz CT molecular complexity index is 1080. The lowest BCUT2D eigenvalue weighted by Gasteiger charge is -2.15. The number of amides is 2. The van der Waals surface area contributed by atoms with Crippen LogP contribution in [0.3, 0.4) is 0 Å². The molecule has 2 amide bonds. The van der Waals surface area contributed by atoms with Crippen molar-refractivity contribution in [3.05, 3.63) is 54.1 Å². The highest BCUT2D eigenvalue weighted by Gasteiger charge is 2.30. The molecule has 0 fully saturated rings. The van der Waals surface area contributed by atoms with Crippen LogP contribution in [0, 0.1) is 0 Å². The van der Waals surface area contributed by atoms with Gasteiger partial charge in [-0.25, -0.2) is 13.1 Å². The maximum atomic E-state index is 12.3. The molecule has 2 rings (SSSR count). The summed E-state index contributed by atoms with van der Waals surface area (Å²) in [6.07, 6.45) is -5.74. The van der Waals surface area contributed by atoms with Gasteiger partial charge in [0.25, 0.3) is 11.8 Å². The number of hydrogen-bond donors (Lipinski definition) is 3. The first-order valence-electron chi connectivity index (χ1n) is 9.57. The standard InChI is InChI=1S/C20H22F3N3O6S/c1-3-31-15-7-9-16(10-8-15)32-13(2)18(27)25-26-19(28)14-5-4-6-17(11-14)33(29,30)24-12-20(21,22)23/h4-11,13,24H,3,12H2,1-2H3,(H,25,27)(H,26,28). The van der Waals surface area contributed by atoms with Crippen molar-refractivity contribution in [2.24, 2.45) is 0 Å². The molecule has 0 radical (unpaired) electrons. The molecule has 33 heavy (non-hydrogen) atoms. The van der Waals surface area contributed by atoms with E-state index < -0.39 is 45.6 Å². The number of carbonyl (C=O) groups is 2. The van der Waals surface area contributed by atoms with Crippen molar-refractivity contribution >= 4 is 21.8 Å². The average molecular weight is 489 g/mol. The quantitative estimate of drug-likeness (QED) is 0.464. The number of hydrogen-bond acceptors (Lipinski definition) is 6. The van der Waals surface area contributed by atoms with E-state index in [0.29, 0.717) is 18.1 Å². The molecule has 2 aromatic rings. The van der Waals surface area contributed by atoms with Gasteiger partial charge in [0.2, 0.25) is 10.0 Å². The molecule has 0 bridgehead atoms. The second-order valence-corrected chi connectivity index (χ2v) is 8.34. The molecule has 2 aromatic carbocycles. The number of carbonyl (C=O) groups excluding carboxylic acids is 2. The minimum atomic E-state index is -4.74. The van der Waals surface area contributed by atoms with Crippen molar-refractivity contribution in [1.82, 2.24) is 15.6 Å². The van der Waals surface area contributed by atoms with Gasteiger partial charge in [-0.1, -0.05) is 6.07 Å². The predicted molar refractivity (Wildman–Crippen MR) is 111 cm³/mol. The van der Waals surface area contributed by atoms with Crippen molar-refractivity contribution in [3.63, 3.8) is 0 Å². The molecule has 0 spiro atoms. The molecule has 13 heteroatoms. The van der Waals surface area contributed by atoms with Gasteiger partial charge in [0.1, 0.15) is 18.0 Å². The Kier molecular flexibility index (Phi) is 8.65. The molecule has 0 aliphatic carbocycles. The lowest BCUT2D eigenvalue weighted by molar-refractivity contribution is -0.128. The van der Waals surface area contributed by atoms with E-state index in [1.807, 2.05) is 6.92 Å². The number of nitrogens with one attached hydrogen (secondary N) is 3. The van der Waals surface area contributed by atoms with Crippen molar-refractivity contribution in [2.45, 2.75) is 31.0 Å². The summed E-state index contributed by atoms with van der Waals surface area (Å²) >= 11 is 0. The third-order valence-corrected chi connectivity index (χ3v) is 5.38. The Morgan fingerprint density at radius 1 is 1.03 bits per heavy atom. The maximum absolute atomic E-state index is 12.3. The first-order chi connectivity index (χ1) is 15.4. The second-order valence-electron chi connectivity index (χ2n) is 6.58. The van der Waals surface area contributed by atoms with E-state index in [-0.39, 0.29) is 5.56 Å². The van der Waals surface area contributed by atoms with E-state index in [1.54, 1.807) is 24.3 Å². The fraction of sp³-hybridized carbons (Fsp3) is 0.300. The van der Waals surface area contributed by atoms with Crippen LogP contribution in [-0.4, -0.2) is 45.7 Å². The van der Waals surface area contributed by atoms with E-state index in [9.17, 15) is 31.2 Å². The topological polar surface area (TPSA) is 123 Å². The number of sulfonamides is 1. The summed E-state index contributed by atoms with van der Waals surface area (Å²) in [5, 5.41) is 0. The van der Waals surface area contributed by atoms with Gasteiger partial charge in [-0.3, -0.25) is 20.4 Å². The van der Waals surface area contributed by atoms with Gasteiger partial charge in [-0.2, -0.15) is 13.2 Å². The van der Waals surface area contributed by atoms with Gasteiger partial charge in [-0.15, -0.1) is 0 Å². The van der Waals surface area contributed by atoms with Crippen molar-refractivity contribution < 1.29 is 40.7 Å². The molecule has 3 N–H and O–H groups in total. The summed E-state index contributed by atoms with van der Waals surface area (Å²) in [4.78, 5) is 23.9. The zero-order valence-electron chi connectivity index (χ0n) is 17.6. The van der Waals surface area contributed by atoms with E-state index in [4.69, 9.17) is 9.47 Å². The van der Waals surface area contributed by atoms with Gasteiger partial charge < -0.3 is 9.47 Å². The fourth-order valence-corrected chi connectivity index (χ4v) is 3.46. The molecule has 0 aliphatic heterocycles. The molecular weight excluding hydrogens is 467 g/mol. The normalized spacial score (nSPS) is 12.5. The Hall–Kier alpha value is -3.32. The highest BCUT2D eigenvalue weighted by Crippen LogP contribution is 2.19. The van der Waals surface area contributed by atoms with Gasteiger partial charge in [-0.05, 0) is 56.3 Å². The zero-order valence-corrected chi connectivity index (χ0v) is 18.4. The second kappa shape index (κ2) is 11.0. The zero-order chi connectivity index (χ0) is 24.6. The van der Waals surface area contributed by atoms with E-state index >= 15 is 0 Å². The minimum absolute atomic E-state index is 0.203. The molecule has 0 saturated carbocycles. The number of hydrazine groups is 1. The molecular formula is C20H22F3N3O6S. The summed E-state index contributed by atoms with van der Waals surface area (Å²) in [7, 11) is -4.50. The number of benzene rings is 2. The number of alkyl halides is 3. The average Bonchev–Trinajstić information content (AvgIpc) is 2.77. The number of rotatable bonds is 9. The Labute approximate surface area is 188 Å². The van der Waals surface area contributed by atoms with E-state index in [1.165, 1.54) is 23.8 Å². The summed E-state index contributed by atoms with van der Waals surface area (Å²) in [5.41, 5.74) is 4.02. The maximum Gasteiger partial charge on any atom is 0.402 e. The van der Waals surface area contributed by atoms with Gasteiger partial charge in [0.15, 0.2) is 6.10 Å². The van der Waals surface area contributed by atoms with Crippen LogP contribution in [0.5, 0.6) is 11.5 Å². The monoisotopic (exact) mass is 489 g/mol. The summed E-state index contributed by atoms with van der Waals surface area (Å²) < 4.78 is 73.0. The van der Waals surface area contributed by atoms with Gasteiger partial charge in [0.05, 0.1) is 11.5 Å². The molecule has 0 saturated heterocycles. The first-order valence-corrected chi connectivity index (χ1v) is 11.1. The highest BCUT2D eigenvalue weighted by atomic mass is 32.2. The molecule has 0 heterocycles. The number of halogens is 3. The van der Waals surface area contributed by atoms with Crippen molar-refractivity contribution in [1.29, 1.82) is 0 Å². The largest absolute Gasteiger partial charge is 0.494 e. The predicted octanol–water partition coefficient (Wildman–Crippen LogP) is 2.15. The summed E-state index contributed by atoms with van der Waals surface area (Å²) in [6, 6.07) is 10.8. The Balaban J connectivity index is 1.94. The molecule has 0 aliphatic rings. The first kappa shape index (κ1) is 25.9. The lowest BCUT2D eigenvalue weighted by atomic mass is 10.2. The third kappa shape index (κ3) is 8.27. The van der Waals surface area contributed by atoms with Crippen molar-refractivity contribution in [3.8, 4) is 11.5 Å². The third-order valence-electron chi connectivity index (χ3n) is 3.99. The van der Waals surface area contributed by atoms with Crippen LogP contribution in [0.15, 0.2) is 53.4 Å². The summed E-state index contributed by atoms with van der Waals surface area (Å²) in [6.45, 7) is 2.02. The van der Waals surface area contributed by atoms with Crippen LogP contribution in [-0.2, 0) is 14.8 Å². The summed E-state index contributed by atoms with van der Waals surface area (Å²) in [5.74, 6) is -0.568. The molecule has 180 valence electrons. The minimum Gasteiger partial charge on any atom is -0.494 e. The van der Waals surface area contributed by atoms with Gasteiger partial charge in [0, 0.05) is 5.56 Å². The highest BCUT2D eigenvalue weighted by molar-refractivity contribution is 7.89. The molecule has 0 aromatic heterocycles. The Morgan fingerprint density at radius 3 is 2.27 bits per heavy atom. The molecule has 1 atom stereocenters. The van der Waals surface area contributed by atoms with Crippen LogP contribution < -0.4 is 25.0 Å². The van der Waals surface area contributed by atoms with Crippen LogP contribution in [0.2, 0.25) is 0 Å². The number of ether oxygens (including phenoxy) is 2. The Morgan fingerprint density at radius 2 is 1.67 bits per heavy atom. The molecule has 1 unspecified atom stereocenters. The van der Waals surface area contributed by atoms with Crippen LogP contribution in [0.1, 0.15) is 24.2 Å². The van der Waals surface area contributed by atoms with Crippen molar-refractivity contribution in [2.75, 3.05) is 13.2 Å². The SMILES string of the molecule is CCOc1ccc(OC(C)C(=O)NNC(=O)c2cccc(S(=O)(=O)NCC(F)(F)F)c2)cc1. The van der Waals surface area contributed by atoms with E-state index in [2.05, 4.69) is 10.9 Å². The van der Waals surface area contributed by atoms with E-state index in [0.717, 1.165) is 12.1 Å². The smallest absolute Gasteiger partial charge is 0.402 e. The van der Waals surface area contributed by atoms with Crippen LogP contribution >= 0.6 is 0 Å².